The molecular formula is C14H14N4O2S. The molecule has 0 atom stereocenters. The lowest BCUT2D eigenvalue weighted by Gasteiger charge is -2.08. The molecule has 0 unspecified atom stereocenters. The third-order valence-electron chi connectivity index (χ3n) is 3.23. The predicted molar refractivity (Wildman–Crippen MR) is 80.5 cm³/mol. The number of aromatic nitrogens is 3. The Morgan fingerprint density at radius 1 is 1.10 bits per heavy atom. The summed E-state index contributed by atoms with van der Waals surface area (Å²) >= 11 is 0. The highest BCUT2D eigenvalue weighted by Crippen LogP contribution is 2.22. The first-order chi connectivity index (χ1) is 10.1. The minimum absolute atomic E-state index is 0.222. The van der Waals surface area contributed by atoms with Gasteiger partial charge in [-0.15, -0.1) is 0 Å². The molecule has 0 amide bonds. The Balaban J connectivity index is 1.97. The SMILES string of the molecule is CCc1ccc(S(=O)(=O)Nc2cccc3n[nH]nc23)cc1. The van der Waals surface area contributed by atoms with Crippen LogP contribution >= 0.6 is 0 Å². The first-order valence-electron chi connectivity index (χ1n) is 6.51. The number of fused-ring (bicyclic) bond motifs is 1. The average molecular weight is 302 g/mol. The molecule has 0 aliphatic heterocycles. The van der Waals surface area contributed by atoms with Gasteiger partial charge in [-0.2, -0.15) is 15.4 Å². The Kier molecular flexibility index (Phi) is 3.34. The number of aryl methyl sites for hydroxylation is 1. The molecule has 0 spiro atoms. The molecule has 21 heavy (non-hydrogen) atoms. The van der Waals surface area contributed by atoms with Crippen molar-refractivity contribution < 1.29 is 8.42 Å². The van der Waals surface area contributed by atoms with Gasteiger partial charge in [-0.1, -0.05) is 25.1 Å². The van der Waals surface area contributed by atoms with E-state index < -0.39 is 10.0 Å². The predicted octanol–water partition coefficient (Wildman–Crippen LogP) is 2.32. The smallest absolute Gasteiger partial charge is 0.261 e. The number of nitrogens with one attached hydrogen (secondary N) is 2. The van der Waals surface area contributed by atoms with Crippen LogP contribution < -0.4 is 4.72 Å². The summed E-state index contributed by atoms with van der Waals surface area (Å²) in [6.45, 7) is 2.02. The molecule has 0 radical (unpaired) electrons. The van der Waals surface area contributed by atoms with Gasteiger partial charge in [-0.25, -0.2) is 8.42 Å². The van der Waals surface area contributed by atoms with Crippen LogP contribution in [-0.4, -0.2) is 23.8 Å². The average Bonchev–Trinajstić information content (AvgIpc) is 2.97. The first kappa shape index (κ1) is 13.6. The number of rotatable bonds is 4. The Hall–Kier alpha value is -2.41. The van der Waals surface area contributed by atoms with Gasteiger partial charge in [0.05, 0.1) is 10.6 Å². The van der Waals surface area contributed by atoms with Gasteiger partial charge in [0.2, 0.25) is 0 Å². The molecule has 0 aliphatic rings. The van der Waals surface area contributed by atoms with E-state index in [0.717, 1.165) is 12.0 Å². The minimum Gasteiger partial charge on any atom is -0.277 e. The van der Waals surface area contributed by atoms with Gasteiger partial charge in [0.25, 0.3) is 10.0 Å². The van der Waals surface area contributed by atoms with Crippen LogP contribution in [0.3, 0.4) is 0 Å². The van der Waals surface area contributed by atoms with E-state index >= 15 is 0 Å². The van der Waals surface area contributed by atoms with Crippen molar-refractivity contribution in [1.29, 1.82) is 0 Å². The zero-order valence-electron chi connectivity index (χ0n) is 11.4. The van der Waals surface area contributed by atoms with Crippen LogP contribution in [0, 0.1) is 0 Å². The third kappa shape index (κ3) is 2.59. The van der Waals surface area contributed by atoms with E-state index in [1.807, 2.05) is 19.1 Å². The molecule has 6 nitrogen and oxygen atoms in total. The molecule has 0 bridgehead atoms. The lowest BCUT2D eigenvalue weighted by atomic mass is 10.2. The van der Waals surface area contributed by atoms with Crippen LogP contribution in [0.25, 0.3) is 11.0 Å². The fourth-order valence-electron chi connectivity index (χ4n) is 2.06. The summed E-state index contributed by atoms with van der Waals surface area (Å²) in [5.41, 5.74) is 2.59. The van der Waals surface area contributed by atoms with Gasteiger partial charge < -0.3 is 0 Å². The third-order valence-corrected chi connectivity index (χ3v) is 4.61. The molecule has 3 rings (SSSR count). The van der Waals surface area contributed by atoms with E-state index in [-0.39, 0.29) is 4.90 Å². The number of hydrogen-bond donors (Lipinski definition) is 2. The standard InChI is InChI=1S/C14H14N4O2S/c1-2-10-6-8-11(9-7-10)21(19,20)17-13-5-3-4-12-14(13)16-18-15-12/h3-9,17H,2H2,1H3,(H,15,16,18). The van der Waals surface area contributed by atoms with E-state index in [2.05, 4.69) is 20.1 Å². The topological polar surface area (TPSA) is 87.7 Å². The van der Waals surface area contributed by atoms with Crippen molar-refractivity contribution in [3.05, 3.63) is 48.0 Å². The number of benzene rings is 2. The molecule has 0 saturated heterocycles. The van der Waals surface area contributed by atoms with Crippen molar-refractivity contribution in [3.8, 4) is 0 Å². The summed E-state index contributed by atoms with van der Waals surface area (Å²) in [6, 6.07) is 12.0. The van der Waals surface area contributed by atoms with Gasteiger partial charge in [0.15, 0.2) is 0 Å². The second-order valence-electron chi connectivity index (χ2n) is 4.60. The molecule has 1 heterocycles. The number of aromatic amines is 1. The molecule has 2 N–H and O–H groups in total. The number of hydrogen-bond acceptors (Lipinski definition) is 4. The van der Waals surface area contributed by atoms with Crippen LogP contribution in [0.1, 0.15) is 12.5 Å². The summed E-state index contributed by atoms with van der Waals surface area (Å²) in [4.78, 5) is 0.222. The fraction of sp³-hybridized carbons (Fsp3) is 0.143. The van der Waals surface area contributed by atoms with Gasteiger partial charge in [0, 0.05) is 0 Å². The van der Waals surface area contributed by atoms with Gasteiger partial charge in [0.1, 0.15) is 11.0 Å². The van der Waals surface area contributed by atoms with Crippen molar-refractivity contribution in [2.45, 2.75) is 18.2 Å². The van der Waals surface area contributed by atoms with Crippen LogP contribution in [0.5, 0.6) is 0 Å². The summed E-state index contributed by atoms with van der Waals surface area (Å²) < 4.78 is 27.3. The van der Waals surface area contributed by atoms with Crippen molar-refractivity contribution in [1.82, 2.24) is 15.4 Å². The van der Waals surface area contributed by atoms with Crippen LogP contribution in [0.2, 0.25) is 0 Å². The molecule has 108 valence electrons. The molecule has 1 aromatic heterocycles. The van der Waals surface area contributed by atoms with E-state index in [9.17, 15) is 8.42 Å². The monoisotopic (exact) mass is 302 g/mol. The maximum Gasteiger partial charge on any atom is 0.261 e. The number of nitrogens with zero attached hydrogens (tertiary/aromatic N) is 2. The quantitative estimate of drug-likeness (QED) is 0.774. The highest BCUT2D eigenvalue weighted by atomic mass is 32.2. The largest absolute Gasteiger partial charge is 0.277 e. The Morgan fingerprint density at radius 3 is 2.57 bits per heavy atom. The summed E-state index contributed by atoms with van der Waals surface area (Å²) in [7, 11) is -3.64. The van der Waals surface area contributed by atoms with Gasteiger partial charge in [-0.3, -0.25) is 4.72 Å². The van der Waals surface area contributed by atoms with Crippen LogP contribution in [-0.2, 0) is 16.4 Å². The summed E-state index contributed by atoms with van der Waals surface area (Å²) in [5.74, 6) is 0. The van der Waals surface area contributed by atoms with E-state index in [1.54, 1.807) is 30.3 Å². The van der Waals surface area contributed by atoms with Crippen LogP contribution in [0.4, 0.5) is 5.69 Å². The first-order valence-corrected chi connectivity index (χ1v) is 8.00. The highest BCUT2D eigenvalue weighted by Gasteiger charge is 2.16. The zero-order valence-corrected chi connectivity index (χ0v) is 12.2. The van der Waals surface area contributed by atoms with Crippen molar-refractivity contribution in [2.24, 2.45) is 0 Å². The molecule has 3 aromatic rings. The molecule has 0 fully saturated rings. The van der Waals surface area contributed by atoms with E-state index in [4.69, 9.17) is 0 Å². The second kappa shape index (κ2) is 5.17. The van der Waals surface area contributed by atoms with Crippen LogP contribution in [0.15, 0.2) is 47.4 Å². The summed E-state index contributed by atoms with van der Waals surface area (Å²) in [6.07, 6.45) is 0.867. The maximum absolute atomic E-state index is 12.4. The number of sulfonamides is 1. The lowest BCUT2D eigenvalue weighted by Crippen LogP contribution is -2.13. The van der Waals surface area contributed by atoms with E-state index in [1.165, 1.54) is 0 Å². The molecule has 0 aliphatic carbocycles. The Bertz CT molecular complexity index is 869. The van der Waals surface area contributed by atoms with Crippen molar-refractivity contribution >= 4 is 26.7 Å². The number of H-pyrrole nitrogens is 1. The summed E-state index contributed by atoms with van der Waals surface area (Å²) in [5, 5.41) is 10.4. The minimum atomic E-state index is -3.64. The van der Waals surface area contributed by atoms with E-state index in [0.29, 0.717) is 16.7 Å². The van der Waals surface area contributed by atoms with Gasteiger partial charge >= 0.3 is 0 Å². The second-order valence-corrected chi connectivity index (χ2v) is 6.28. The normalized spacial score (nSPS) is 11.7. The Morgan fingerprint density at radius 2 is 1.86 bits per heavy atom. The molecular weight excluding hydrogens is 288 g/mol. The molecule has 7 heteroatoms. The Labute approximate surface area is 122 Å². The number of anilines is 1. The molecule has 0 saturated carbocycles. The van der Waals surface area contributed by atoms with Crippen molar-refractivity contribution in [2.75, 3.05) is 4.72 Å². The zero-order chi connectivity index (χ0) is 14.9. The molecule has 2 aromatic carbocycles. The maximum atomic E-state index is 12.4. The lowest BCUT2D eigenvalue weighted by molar-refractivity contribution is 0.601. The van der Waals surface area contributed by atoms with Crippen molar-refractivity contribution in [3.63, 3.8) is 0 Å². The number of para-hydroxylation sites is 1. The highest BCUT2D eigenvalue weighted by molar-refractivity contribution is 7.92. The fourth-order valence-corrected chi connectivity index (χ4v) is 3.12. The van der Waals surface area contributed by atoms with Gasteiger partial charge in [-0.05, 0) is 36.2 Å².